The van der Waals surface area contributed by atoms with Gasteiger partial charge in [-0.15, -0.1) is 0 Å². The fraction of sp³-hybridized carbons (Fsp3) is 0.385. The molecule has 2 heterocycles. The van der Waals surface area contributed by atoms with Crippen LogP contribution in [-0.2, 0) is 4.74 Å². The standard InChI is InChI=1S/C13H15N3O4/c1-18-9-2-3-11(17)10(8-9)12-14-13(15-20-12)16-4-6-19-7-5-16/h2-3,8,17H,4-7H2,1H3. The highest BCUT2D eigenvalue weighted by Crippen LogP contribution is 2.32. The van der Waals surface area contributed by atoms with E-state index in [1.54, 1.807) is 19.2 Å². The molecule has 1 aliphatic rings. The first-order valence-corrected chi connectivity index (χ1v) is 6.31. The SMILES string of the molecule is COc1ccc(O)c(-c2nc(N3CCOCC3)no2)c1. The second kappa shape index (κ2) is 5.38. The Morgan fingerprint density at radius 2 is 2.10 bits per heavy atom. The van der Waals surface area contributed by atoms with E-state index in [0.717, 1.165) is 13.1 Å². The molecule has 7 heteroatoms. The van der Waals surface area contributed by atoms with Crippen LogP contribution in [0.4, 0.5) is 5.95 Å². The Morgan fingerprint density at radius 1 is 1.30 bits per heavy atom. The molecule has 1 fully saturated rings. The zero-order valence-electron chi connectivity index (χ0n) is 11.1. The molecule has 0 radical (unpaired) electrons. The first kappa shape index (κ1) is 12.7. The minimum absolute atomic E-state index is 0.0722. The smallest absolute Gasteiger partial charge is 0.266 e. The average molecular weight is 277 g/mol. The Morgan fingerprint density at radius 3 is 2.85 bits per heavy atom. The van der Waals surface area contributed by atoms with Crippen molar-refractivity contribution >= 4 is 5.95 Å². The molecular weight excluding hydrogens is 262 g/mol. The number of aromatic hydroxyl groups is 1. The first-order valence-electron chi connectivity index (χ1n) is 6.31. The summed E-state index contributed by atoms with van der Waals surface area (Å²) in [5.41, 5.74) is 0.455. The van der Waals surface area contributed by atoms with Crippen molar-refractivity contribution in [3.8, 4) is 23.0 Å². The van der Waals surface area contributed by atoms with Gasteiger partial charge in [-0.1, -0.05) is 0 Å². The molecule has 0 saturated carbocycles. The minimum Gasteiger partial charge on any atom is -0.507 e. The topological polar surface area (TPSA) is 80.9 Å². The second-order valence-electron chi connectivity index (χ2n) is 4.38. The number of benzene rings is 1. The molecule has 1 aromatic carbocycles. The molecule has 0 atom stereocenters. The first-order chi connectivity index (χ1) is 9.78. The fourth-order valence-electron chi connectivity index (χ4n) is 2.03. The van der Waals surface area contributed by atoms with E-state index in [1.165, 1.54) is 6.07 Å². The number of nitrogens with zero attached hydrogens (tertiary/aromatic N) is 3. The van der Waals surface area contributed by atoms with Crippen LogP contribution in [0.3, 0.4) is 0 Å². The third kappa shape index (κ3) is 2.39. The summed E-state index contributed by atoms with van der Waals surface area (Å²) in [6.45, 7) is 2.74. The lowest BCUT2D eigenvalue weighted by Crippen LogP contribution is -2.36. The van der Waals surface area contributed by atoms with Gasteiger partial charge in [0.1, 0.15) is 11.5 Å². The van der Waals surface area contributed by atoms with Gasteiger partial charge in [-0.25, -0.2) is 0 Å². The molecular formula is C13H15N3O4. The van der Waals surface area contributed by atoms with Crippen molar-refractivity contribution in [3.63, 3.8) is 0 Å². The van der Waals surface area contributed by atoms with Gasteiger partial charge in [0.2, 0.25) is 0 Å². The summed E-state index contributed by atoms with van der Waals surface area (Å²) in [5, 5.41) is 13.8. The maximum Gasteiger partial charge on any atom is 0.266 e. The van der Waals surface area contributed by atoms with Crippen molar-refractivity contribution in [1.82, 2.24) is 10.1 Å². The van der Waals surface area contributed by atoms with Crippen LogP contribution in [0.2, 0.25) is 0 Å². The van der Waals surface area contributed by atoms with Gasteiger partial charge in [-0.3, -0.25) is 0 Å². The molecule has 1 saturated heterocycles. The molecule has 7 nitrogen and oxygen atoms in total. The molecule has 3 rings (SSSR count). The van der Waals surface area contributed by atoms with Crippen molar-refractivity contribution in [3.05, 3.63) is 18.2 Å². The van der Waals surface area contributed by atoms with Crippen molar-refractivity contribution in [2.24, 2.45) is 0 Å². The highest BCUT2D eigenvalue weighted by Gasteiger charge is 2.19. The normalized spacial score (nSPS) is 15.3. The number of methoxy groups -OCH3 is 1. The lowest BCUT2D eigenvalue weighted by atomic mass is 10.2. The predicted molar refractivity (Wildman–Crippen MR) is 71.0 cm³/mol. The van der Waals surface area contributed by atoms with E-state index in [9.17, 15) is 5.11 Å². The highest BCUT2D eigenvalue weighted by atomic mass is 16.5. The van der Waals surface area contributed by atoms with E-state index in [-0.39, 0.29) is 11.6 Å². The van der Waals surface area contributed by atoms with E-state index in [1.807, 2.05) is 4.90 Å². The van der Waals surface area contributed by atoms with E-state index in [4.69, 9.17) is 14.0 Å². The summed E-state index contributed by atoms with van der Waals surface area (Å²) >= 11 is 0. The van der Waals surface area contributed by atoms with E-state index in [2.05, 4.69) is 10.1 Å². The molecule has 106 valence electrons. The van der Waals surface area contributed by atoms with Gasteiger partial charge >= 0.3 is 0 Å². The van der Waals surface area contributed by atoms with Crippen molar-refractivity contribution in [2.75, 3.05) is 38.3 Å². The second-order valence-corrected chi connectivity index (χ2v) is 4.38. The summed E-state index contributed by atoms with van der Waals surface area (Å²) in [5.74, 6) is 1.46. The van der Waals surface area contributed by atoms with Crippen molar-refractivity contribution in [2.45, 2.75) is 0 Å². The van der Waals surface area contributed by atoms with Crippen molar-refractivity contribution in [1.29, 1.82) is 0 Å². The van der Waals surface area contributed by atoms with Crippen LogP contribution in [0.15, 0.2) is 22.7 Å². The van der Waals surface area contributed by atoms with Gasteiger partial charge in [0.15, 0.2) is 0 Å². The number of rotatable bonds is 3. The van der Waals surface area contributed by atoms with Gasteiger partial charge < -0.3 is 24.0 Å². The van der Waals surface area contributed by atoms with Crippen molar-refractivity contribution < 1.29 is 19.1 Å². The number of hydrogen-bond acceptors (Lipinski definition) is 7. The Bertz CT molecular complexity index is 593. The maximum absolute atomic E-state index is 9.89. The molecule has 20 heavy (non-hydrogen) atoms. The maximum atomic E-state index is 9.89. The minimum atomic E-state index is 0.0722. The summed E-state index contributed by atoms with van der Waals surface area (Å²) in [6, 6.07) is 4.86. The quantitative estimate of drug-likeness (QED) is 0.905. The highest BCUT2D eigenvalue weighted by molar-refractivity contribution is 5.65. The number of morpholine rings is 1. The van der Waals surface area contributed by atoms with Crippen LogP contribution in [0.25, 0.3) is 11.5 Å². The Kier molecular flexibility index (Phi) is 3.42. The van der Waals surface area contributed by atoms with Gasteiger partial charge in [-0.2, -0.15) is 4.98 Å². The van der Waals surface area contributed by atoms with E-state index >= 15 is 0 Å². The number of phenols is 1. The van der Waals surface area contributed by atoms with Crippen LogP contribution in [0.5, 0.6) is 11.5 Å². The third-order valence-corrected chi connectivity index (χ3v) is 3.14. The van der Waals surface area contributed by atoms with Crippen LogP contribution in [0, 0.1) is 0 Å². The number of hydrogen-bond donors (Lipinski definition) is 1. The number of phenolic OH excluding ortho intramolecular Hbond substituents is 1. The lowest BCUT2D eigenvalue weighted by Gasteiger charge is -2.24. The molecule has 0 aliphatic carbocycles. The molecule has 0 unspecified atom stereocenters. The molecule has 0 spiro atoms. The average Bonchev–Trinajstić information content (AvgIpc) is 2.98. The van der Waals surface area contributed by atoms with E-state index in [0.29, 0.717) is 30.5 Å². The summed E-state index contributed by atoms with van der Waals surface area (Å²) in [4.78, 5) is 6.30. The summed E-state index contributed by atoms with van der Waals surface area (Å²) in [6.07, 6.45) is 0. The molecule has 1 N–H and O–H groups in total. The molecule has 2 aromatic rings. The van der Waals surface area contributed by atoms with E-state index < -0.39 is 0 Å². The largest absolute Gasteiger partial charge is 0.507 e. The van der Waals surface area contributed by atoms with Gasteiger partial charge in [0, 0.05) is 13.1 Å². The molecule has 0 bridgehead atoms. The van der Waals surface area contributed by atoms with Crippen LogP contribution < -0.4 is 9.64 Å². The van der Waals surface area contributed by atoms with Gasteiger partial charge in [-0.05, 0) is 23.4 Å². The van der Waals surface area contributed by atoms with Crippen LogP contribution >= 0.6 is 0 Å². The third-order valence-electron chi connectivity index (χ3n) is 3.14. The van der Waals surface area contributed by atoms with Gasteiger partial charge in [0.25, 0.3) is 11.8 Å². The van der Waals surface area contributed by atoms with Crippen LogP contribution in [-0.4, -0.2) is 48.7 Å². The zero-order chi connectivity index (χ0) is 13.9. The number of ether oxygens (including phenoxy) is 2. The summed E-state index contributed by atoms with van der Waals surface area (Å²) in [7, 11) is 1.56. The fourth-order valence-corrected chi connectivity index (χ4v) is 2.03. The number of aromatic nitrogens is 2. The summed E-state index contributed by atoms with van der Waals surface area (Å²) < 4.78 is 15.6. The molecule has 0 amide bonds. The number of anilines is 1. The lowest BCUT2D eigenvalue weighted by molar-refractivity contribution is 0.121. The monoisotopic (exact) mass is 277 g/mol. The predicted octanol–water partition coefficient (Wildman–Crippen LogP) is 1.29. The van der Waals surface area contributed by atoms with Crippen LogP contribution in [0.1, 0.15) is 0 Å². The Labute approximate surface area is 115 Å². The van der Waals surface area contributed by atoms with Gasteiger partial charge in [0.05, 0.1) is 25.9 Å². The Hall–Kier alpha value is -2.28. The molecule has 1 aliphatic heterocycles. The molecule has 1 aromatic heterocycles. The Balaban J connectivity index is 1.89. The zero-order valence-corrected chi connectivity index (χ0v) is 11.1.